The Hall–Kier alpha value is -2.19. The molecule has 8 nitrogen and oxygen atoms in total. The largest absolute Gasteiger partial charge is 0.481 e. The van der Waals surface area contributed by atoms with Crippen LogP contribution in [0.3, 0.4) is 0 Å². The van der Waals surface area contributed by atoms with E-state index in [1.54, 1.807) is 25.4 Å². The molecule has 0 radical (unpaired) electrons. The summed E-state index contributed by atoms with van der Waals surface area (Å²) >= 11 is 0. The first-order valence-corrected chi connectivity index (χ1v) is 6.71. The molecule has 1 aliphatic rings. The number of carboxylic acid groups (broad SMARTS) is 1. The Morgan fingerprint density at radius 1 is 1.41 bits per heavy atom. The van der Waals surface area contributed by atoms with E-state index >= 15 is 0 Å². The first-order valence-electron chi connectivity index (χ1n) is 6.71. The molecule has 1 saturated heterocycles. The van der Waals surface area contributed by atoms with Crippen molar-refractivity contribution in [1.82, 2.24) is 15.6 Å². The van der Waals surface area contributed by atoms with Crippen LogP contribution in [0.1, 0.15) is 17.3 Å². The summed E-state index contributed by atoms with van der Waals surface area (Å²) in [5, 5.41) is 13.5. The van der Waals surface area contributed by atoms with Crippen LogP contribution < -0.4 is 15.4 Å². The van der Waals surface area contributed by atoms with Gasteiger partial charge in [-0.3, -0.25) is 9.59 Å². The predicted octanol–water partition coefficient (Wildman–Crippen LogP) is -0.102. The Bertz CT molecular complexity index is 505. The topological polar surface area (TPSA) is 110 Å². The van der Waals surface area contributed by atoms with Crippen LogP contribution in [0.4, 0.5) is 0 Å². The van der Waals surface area contributed by atoms with Gasteiger partial charge in [0.2, 0.25) is 5.88 Å². The number of nitrogens with one attached hydrogen (secondary N) is 2. The molecule has 8 heteroatoms. The van der Waals surface area contributed by atoms with Gasteiger partial charge in [-0.1, -0.05) is 0 Å². The summed E-state index contributed by atoms with van der Waals surface area (Å²) in [4.78, 5) is 25.0. The lowest BCUT2D eigenvalue weighted by atomic mass is 10.2. The van der Waals surface area contributed by atoms with Crippen molar-refractivity contribution in [2.75, 3.05) is 27.3 Å². The highest BCUT2D eigenvalue weighted by Crippen LogP contribution is 2.10. The average Bonchev–Trinajstić information content (AvgIpc) is 2.94. The van der Waals surface area contributed by atoms with E-state index in [1.165, 1.54) is 7.11 Å². The first-order chi connectivity index (χ1) is 10.5. The van der Waals surface area contributed by atoms with Crippen LogP contribution in [0.25, 0.3) is 0 Å². The van der Waals surface area contributed by atoms with Crippen LogP contribution in [0, 0.1) is 0 Å². The van der Waals surface area contributed by atoms with Gasteiger partial charge in [0.15, 0.2) is 0 Å². The molecule has 22 heavy (non-hydrogen) atoms. The first kappa shape index (κ1) is 17.9. The second-order valence-corrected chi connectivity index (χ2v) is 4.62. The monoisotopic (exact) mass is 311 g/mol. The predicted molar refractivity (Wildman–Crippen MR) is 79.0 cm³/mol. The molecule has 0 spiro atoms. The Labute approximate surface area is 128 Å². The zero-order chi connectivity index (χ0) is 16.5. The number of hydrogen-bond acceptors (Lipinski definition) is 6. The highest BCUT2D eigenvalue weighted by atomic mass is 16.5. The molecule has 2 rings (SSSR count). The molecule has 0 saturated carbocycles. The fourth-order valence-corrected chi connectivity index (χ4v) is 1.96. The van der Waals surface area contributed by atoms with Crippen molar-refractivity contribution in [3.63, 3.8) is 0 Å². The number of amides is 1. The van der Waals surface area contributed by atoms with Gasteiger partial charge in [0.1, 0.15) is 0 Å². The number of ether oxygens (including phenoxy) is 2. The summed E-state index contributed by atoms with van der Waals surface area (Å²) in [6.45, 7) is 2.55. The van der Waals surface area contributed by atoms with E-state index < -0.39 is 5.97 Å². The van der Waals surface area contributed by atoms with Crippen molar-refractivity contribution >= 4 is 11.9 Å². The fraction of sp³-hybridized carbons (Fsp3) is 0.500. The molecule has 1 amide bonds. The van der Waals surface area contributed by atoms with Crippen LogP contribution in [0.2, 0.25) is 0 Å². The maximum Gasteiger partial charge on any atom is 0.300 e. The molecule has 3 N–H and O–H groups in total. The van der Waals surface area contributed by atoms with Crippen LogP contribution in [0.15, 0.2) is 18.3 Å². The Kier molecular flexibility index (Phi) is 7.27. The van der Waals surface area contributed by atoms with Crippen molar-refractivity contribution in [3.05, 3.63) is 23.9 Å². The van der Waals surface area contributed by atoms with E-state index in [0.29, 0.717) is 18.0 Å². The summed E-state index contributed by atoms with van der Waals surface area (Å²) in [6, 6.07) is 3.25. The number of methoxy groups -OCH3 is 2. The molecular weight excluding hydrogens is 290 g/mol. The fourth-order valence-electron chi connectivity index (χ4n) is 1.96. The molecule has 122 valence electrons. The summed E-state index contributed by atoms with van der Waals surface area (Å²) < 4.78 is 10.3. The molecule has 1 fully saturated rings. The highest BCUT2D eigenvalue weighted by molar-refractivity contribution is 5.94. The minimum absolute atomic E-state index is 0.0117. The van der Waals surface area contributed by atoms with Crippen molar-refractivity contribution in [1.29, 1.82) is 0 Å². The number of carbonyl (C=O) groups is 2. The molecule has 2 atom stereocenters. The number of nitrogens with zero attached hydrogens (tertiary/aromatic N) is 1. The standard InChI is InChI=1S/C12H17N3O3.C2H4O2/c1-17-10-7-13-6-9(10)15-12(16)8-3-4-14-11(5-8)18-2;1-2(3)4/h3-5,9-10,13H,6-7H2,1-2H3,(H,15,16);1H3,(H,3,4)/t9-,10-;/m0./s1. The van der Waals surface area contributed by atoms with Gasteiger partial charge in [-0.15, -0.1) is 0 Å². The van der Waals surface area contributed by atoms with Crippen LogP contribution in [-0.2, 0) is 9.53 Å². The Balaban J connectivity index is 0.000000541. The lowest BCUT2D eigenvalue weighted by molar-refractivity contribution is -0.134. The zero-order valence-corrected chi connectivity index (χ0v) is 12.8. The van der Waals surface area contributed by atoms with E-state index in [9.17, 15) is 4.79 Å². The van der Waals surface area contributed by atoms with E-state index in [1.807, 2.05) is 0 Å². The summed E-state index contributed by atoms with van der Waals surface area (Å²) in [7, 11) is 3.16. The number of pyridine rings is 1. The van der Waals surface area contributed by atoms with Crippen molar-refractivity contribution in [3.8, 4) is 5.88 Å². The van der Waals surface area contributed by atoms with Gasteiger partial charge in [0, 0.05) is 44.9 Å². The maximum absolute atomic E-state index is 12.1. The highest BCUT2D eigenvalue weighted by Gasteiger charge is 2.28. The Morgan fingerprint density at radius 3 is 2.68 bits per heavy atom. The number of rotatable bonds is 4. The number of hydrogen-bond donors (Lipinski definition) is 3. The molecule has 1 aromatic rings. The second-order valence-electron chi connectivity index (χ2n) is 4.62. The zero-order valence-electron chi connectivity index (χ0n) is 12.8. The van der Waals surface area contributed by atoms with E-state index in [0.717, 1.165) is 13.5 Å². The third-order valence-electron chi connectivity index (χ3n) is 2.98. The molecule has 1 aliphatic heterocycles. The molecule has 1 aromatic heterocycles. The molecule has 0 aromatic carbocycles. The van der Waals surface area contributed by atoms with Crippen molar-refractivity contribution in [2.45, 2.75) is 19.1 Å². The van der Waals surface area contributed by atoms with Gasteiger partial charge in [-0.05, 0) is 6.07 Å². The number of aliphatic carboxylic acids is 1. The van der Waals surface area contributed by atoms with Crippen molar-refractivity contribution < 1.29 is 24.2 Å². The summed E-state index contributed by atoms with van der Waals surface area (Å²) in [6.07, 6.45) is 1.56. The van der Waals surface area contributed by atoms with Gasteiger partial charge < -0.3 is 25.2 Å². The van der Waals surface area contributed by atoms with Gasteiger partial charge in [0.05, 0.1) is 19.3 Å². The smallest absolute Gasteiger partial charge is 0.300 e. The second kappa shape index (κ2) is 8.96. The van der Waals surface area contributed by atoms with E-state index in [-0.39, 0.29) is 18.1 Å². The number of carbonyl (C=O) groups excluding carboxylic acids is 1. The lowest BCUT2D eigenvalue weighted by Crippen LogP contribution is -2.43. The lowest BCUT2D eigenvalue weighted by Gasteiger charge is -2.18. The van der Waals surface area contributed by atoms with Crippen LogP contribution in [-0.4, -0.2) is 61.4 Å². The third-order valence-corrected chi connectivity index (χ3v) is 2.98. The van der Waals surface area contributed by atoms with E-state index in [2.05, 4.69) is 15.6 Å². The molecule has 0 bridgehead atoms. The molecular formula is C14H21N3O5. The number of aromatic nitrogens is 1. The summed E-state index contributed by atoms with van der Waals surface area (Å²) in [5.74, 6) is -0.554. The van der Waals surface area contributed by atoms with Crippen molar-refractivity contribution in [2.24, 2.45) is 0 Å². The molecule has 0 unspecified atom stereocenters. The normalized spacial score (nSPS) is 19.8. The van der Waals surface area contributed by atoms with Gasteiger partial charge >= 0.3 is 0 Å². The number of carboxylic acids is 1. The SMILES string of the molecule is CC(=O)O.COc1cc(C(=O)N[C@H]2CNC[C@@H]2OC)ccn1. The van der Waals surface area contributed by atoms with Gasteiger partial charge in [-0.2, -0.15) is 0 Å². The van der Waals surface area contributed by atoms with Gasteiger partial charge in [0.25, 0.3) is 11.9 Å². The quantitative estimate of drug-likeness (QED) is 0.712. The average molecular weight is 311 g/mol. The van der Waals surface area contributed by atoms with Crippen LogP contribution in [0.5, 0.6) is 5.88 Å². The molecule has 0 aliphatic carbocycles. The summed E-state index contributed by atoms with van der Waals surface area (Å²) in [5.41, 5.74) is 0.531. The maximum atomic E-state index is 12.1. The van der Waals surface area contributed by atoms with E-state index in [4.69, 9.17) is 19.4 Å². The Morgan fingerprint density at radius 2 is 2.09 bits per heavy atom. The van der Waals surface area contributed by atoms with Gasteiger partial charge in [-0.25, -0.2) is 4.98 Å². The van der Waals surface area contributed by atoms with Crippen LogP contribution >= 0.6 is 0 Å². The minimum Gasteiger partial charge on any atom is -0.481 e. The third kappa shape index (κ3) is 5.66. The molecule has 2 heterocycles. The minimum atomic E-state index is -0.833.